The first kappa shape index (κ1) is 16.0. The lowest BCUT2D eigenvalue weighted by Gasteiger charge is -2.17. The van der Waals surface area contributed by atoms with Crippen molar-refractivity contribution in [2.45, 2.75) is 78.4 Å². The molecule has 1 aromatic rings. The molecule has 3 nitrogen and oxygen atoms in total. The molecular formula is C16H28BrN3. The van der Waals surface area contributed by atoms with Gasteiger partial charge in [0.05, 0.1) is 15.9 Å². The number of hydrogen-bond acceptors (Lipinski definition) is 2. The van der Waals surface area contributed by atoms with E-state index in [-0.39, 0.29) is 0 Å². The summed E-state index contributed by atoms with van der Waals surface area (Å²) in [6.07, 6.45) is 7.76. The van der Waals surface area contributed by atoms with Crippen LogP contribution in [0.15, 0.2) is 4.47 Å². The van der Waals surface area contributed by atoms with Crippen molar-refractivity contribution in [1.82, 2.24) is 15.1 Å². The minimum Gasteiger partial charge on any atom is -0.308 e. The van der Waals surface area contributed by atoms with Crippen LogP contribution in [0.5, 0.6) is 0 Å². The SMILES string of the molecule is CCc1nn(CC)c(CNC2CCCC(C)CC2)c1Br. The Kier molecular flexibility index (Phi) is 6.09. The molecule has 4 heteroatoms. The summed E-state index contributed by atoms with van der Waals surface area (Å²) in [5.41, 5.74) is 2.49. The zero-order valence-corrected chi connectivity index (χ0v) is 14.7. The summed E-state index contributed by atoms with van der Waals surface area (Å²) < 4.78 is 3.34. The second kappa shape index (κ2) is 7.60. The van der Waals surface area contributed by atoms with E-state index in [2.05, 4.69) is 51.8 Å². The molecule has 0 bridgehead atoms. The number of hydrogen-bond donors (Lipinski definition) is 1. The molecule has 20 heavy (non-hydrogen) atoms. The largest absolute Gasteiger partial charge is 0.308 e. The average Bonchev–Trinajstić information content (AvgIpc) is 2.61. The normalized spacial score (nSPS) is 23.8. The van der Waals surface area contributed by atoms with Crippen LogP contribution in [0.2, 0.25) is 0 Å². The molecule has 1 N–H and O–H groups in total. The van der Waals surface area contributed by atoms with Gasteiger partial charge in [0.1, 0.15) is 0 Å². The van der Waals surface area contributed by atoms with E-state index in [1.54, 1.807) is 0 Å². The van der Waals surface area contributed by atoms with E-state index in [1.807, 2.05) is 0 Å². The lowest BCUT2D eigenvalue weighted by atomic mass is 10.0. The molecule has 1 aromatic heterocycles. The van der Waals surface area contributed by atoms with Crippen molar-refractivity contribution in [1.29, 1.82) is 0 Å². The molecule has 2 unspecified atom stereocenters. The van der Waals surface area contributed by atoms with Gasteiger partial charge in [0.25, 0.3) is 0 Å². The van der Waals surface area contributed by atoms with Gasteiger partial charge >= 0.3 is 0 Å². The topological polar surface area (TPSA) is 29.9 Å². The third-order valence-electron chi connectivity index (χ3n) is 4.51. The molecule has 0 amide bonds. The summed E-state index contributed by atoms with van der Waals surface area (Å²) in [5, 5.41) is 8.43. The highest BCUT2D eigenvalue weighted by Crippen LogP contribution is 2.25. The summed E-state index contributed by atoms with van der Waals surface area (Å²) in [7, 11) is 0. The number of aromatic nitrogens is 2. The molecule has 0 saturated heterocycles. The number of aryl methyl sites for hydroxylation is 2. The van der Waals surface area contributed by atoms with E-state index in [0.717, 1.165) is 25.4 Å². The first-order valence-electron chi connectivity index (χ1n) is 8.13. The summed E-state index contributed by atoms with van der Waals surface area (Å²) >= 11 is 3.73. The molecule has 1 aliphatic rings. The predicted molar refractivity (Wildman–Crippen MR) is 87.9 cm³/mol. The summed E-state index contributed by atoms with van der Waals surface area (Å²) in [6, 6.07) is 0.678. The van der Waals surface area contributed by atoms with Crippen LogP contribution in [0.1, 0.15) is 64.3 Å². The smallest absolute Gasteiger partial charge is 0.0767 e. The molecule has 114 valence electrons. The minimum atomic E-state index is 0.678. The predicted octanol–water partition coefficient (Wildman–Crippen LogP) is 4.29. The van der Waals surface area contributed by atoms with Crippen LogP contribution in [0.25, 0.3) is 0 Å². The Hall–Kier alpha value is -0.350. The van der Waals surface area contributed by atoms with Crippen molar-refractivity contribution in [3.8, 4) is 0 Å². The molecule has 2 atom stereocenters. The molecule has 1 saturated carbocycles. The fraction of sp³-hybridized carbons (Fsp3) is 0.812. The second-order valence-electron chi connectivity index (χ2n) is 6.07. The highest BCUT2D eigenvalue weighted by Gasteiger charge is 2.18. The van der Waals surface area contributed by atoms with Gasteiger partial charge in [0.2, 0.25) is 0 Å². The number of halogens is 1. The van der Waals surface area contributed by atoms with Crippen LogP contribution in [0, 0.1) is 5.92 Å². The van der Waals surface area contributed by atoms with Crippen molar-refractivity contribution in [3.63, 3.8) is 0 Å². The quantitative estimate of drug-likeness (QED) is 0.809. The van der Waals surface area contributed by atoms with Crippen LogP contribution in [0.3, 0.4) is 0 Å². The fourth-order valence-electron chi connectivity index (χ4n) is 3.12. The lowest BCUT2D eigenvalue weighted by molar-refractivity contribution is 0.436. The van der Waals surface area contributed by atoms with Gasteiger partial charge in [-0.2, -0.15) is 5.10 Å². The highest BCUT2D eigenvalue weighted by atomic mass is 79.9. The van der Waals surface area contributed by atoms with Gasteiger partial charge in [-0.15, -0.1) is 0 Å². The maximum Gasteiger partial charge on any atom is 0.0767 e. The Morgan fingerprint density at radius 3 is 2.75 bits per heavy atom. The average molecular weight is 342 g/mol. The van der Waals surface area contributed by atoms with Crippen LogP contribution in [-0.4, -0.2) is 15.8 Å². The van der Waals surface area contributed by atoms with Crippen molar-refractivity contribution >= 4 is 15.9 Å². The second-order valence-corrected chi connectivity index (χ2v) is 6.86. The Morgan fingerprint density at radius 1 is 1.25 bits per heavy atom. The molecule has 1 heterocycles. The maximum atomic E-state index is 4.67. The van der Waals surface area contributed by atoms with Gasteiger partial charge in [-0.05, 0) is 54.5 Å². The molecular weight excluding hydrogens is 314 g/mol. The highest BCUT2D eigenvalue weighted by molar-refractivity contribution is 9.10. The summed E-state index contributed by atoms with van der Waals surface area (Å²) in [4.78, 5) is 0. The lowest BCUT2D eigenvalue weighted by Crippen LogP contribution is -2.29. The Bertz CT molecular complexity index is 428. The van der Waals surface area contributed by atoms with Crippen LogP contribution in [-0.2, 0) is 19.5 Å². The van der Waals surface area contributed by atoms with Crippen LogP contribution in [0.4, 0.5) is 0 Å². The molecule has 0 aromatic carbocycles. The Labute approximate surface area is 131 Å². The zero-order valence-electron chi connectivity index (χ0n) is 13.1. The van der Waals surface area contributed by atoms with Crippen LogP contribution >= 0.6 is 15.9 Å². The third-order valence-corrected chi connectivity index (χ3v) is 5.43. The standard InChI is InChI=1S/C16H28BrN3/c1-4-14-16(17)15(20(5-2)19-14)11-18-13-8-6-7-12(3)9-10-13/h12-13,18H,4-11H2,1-3H3. The molecule has 1 fully saturated rings. The summed E-state index contributed by atoms with van der Waals surface area (Å²) in [5.74, 6) is 0.904. The number of nitrogens with zero attached hydrogens (tertiary/aromatic N) is 2. The Morgan fingerprint density at radius 2 is 2.05 bits per heavy atom. The van der Waals surface area contributed by atoms with Crippen molar-refractivity contribution in [2.75, 3.05) is 0 Å². The van der Waals surface area contributed by atoms with E-state index < -0.39 is 0 Å². The zero-order chi connectivity index (χ0) is 14.5. The third kappa shape index (κ3) is 3.85. The van der Waals surface area contributed by atoms with E-state index in [9.17, 15) is 0 Å². The fourth-order valence-corrected chi connectivity index (χ4v) is 3.82. The van der Waals surface area contributed by atoms with Gasteiger partial charge in [-0.1, -0.05) is 26.7 Å². The Balaban J connectivity index is 1.97. The number of nitrogens with one attached hydrogen (secondary N) is 1. The van der Waals surface area contributed by atoms with E-state index in [4.69, 9.17) is 0 Å². The molecule has 0 aliphatic heterocycles. The van der Waals surface area contributed by atoms with E-state index in [0.29, 0.717) is 6.04 Å². The first-order chi connectivity index (χ1) is 9.65. The van der Waals surface area contributed by atoms with E-state index >= 15 is 0 Å². The van der Waals surface area contributed by atoms with Crippen molar-refractivity contribution in [2.24, 2.45) is 5.92 Å². The van der Waals surface area contributed by atoms with Gasteiger partial charge in [-0.25, -0.2) is 0 Å². The van der Waals surface area contributed by atoms with Crippen LogP contribution < -0.4 is 5.32 Å². The molecule has 1 aliphatic carbocycles. The monoisotopic (exact) mass is 341 g/mol. The van der Waals surface area contributed by atoms with Gasteiger partial charge in [0, 0.05) is 19.1 Å². The van der Waals surface area contributed by atoms with Crippen molar-refractivity contribution in [3.05, 3.63) is 15.9 Å². The minimum absolute atomic E-state index is 0.678. The number of rotatable bonds is 5. The van der Waals surface area contributed by atoms with E-state index in [1.165, 1.54) is 48.0 Å². The van der Waals surface area contributed by atoms with Gasteiger partial charge in [0.15, 0.2) is 0 Å². The maximum absolute atomic E-state index is 4.67. The molecule has 0 radical (unpaired) electrons. The molecule has 2 rings (SSSR count). The van der Waals surface area contributed by atoms with Crippen molar-refractivity contribution < 1.29 is 0 Å². The summed E-state index contributed by atoms with van der Waals surface area (Å²) in [6.45, 7) is 8.59. The van der Waals surface area contributed by atoms with Gasteiger partial charge < -0.3 is 5.32 Å². The first-order valence-corrected chi connectivity index (χ1v) is 8.92. The van der Waals surface area contributed by atoms with Gasteiger partial charge in [-0.3, -0.25) is 4.68 Å². The molecule has 0 spiro atoms.